The molecule has 0 aliphatic heterocycles. The van der Waals surface area contributed by atoms with E-state index in [2.05, 4.69) is 4.98 Å². The zero-order valence-corrected chi connectivity index (χ0v) is 11.3. The molecule has 0 amide bonds. The van der Waals surface area contributed by atoms with Gasteiger partial charge in [-0.2, -0.15) is 0 Å². The van der Waals surface area contributed by atoms with Crippen LogP contribution >= 0.6 is 11.8 Å². The van der Waals surface area contributed by atoms with Crippen molar-refractivity contribution in [2.75, 3.05) is 5.75 Å². The van der Waals surface area contributed by atoms with Crippen molar-refractivity contribution in [2.24, 2.45) is 18.7 Å². The number of rotatable bonds is 5. The summed E-state index contributed by atoms with van der Waals surface area (Å²) in [4.78, 5) is 15.5. The number of thioether (sulfide) groups is 1. The minimum Gasteiger partial charge on any atom is -0.480 e. The fraction of sp³-hybridized carbons (Fsp3) is 0.667. The van der Waals surface area contributed by atoms with Crippen LogP contribution in [0.4, 0.5) is 0 Å². The Morgan fingerprint density at radius 1 is 1.78 bits per heavy atom. The van der Waals surface area contributed by atoms with E-state index in [1.165, 1.54) is 0 Å². The Morgan fingerprint density at radius 3 is 3.17 bits per heavy atom. The van der Waals surface area contributed by atoms with Gasteiger partial charge in [0, 0.05) is 25.2 Å². The maximum Gasteiger partial charge on any atom is 0.323 e. The Hall–Kier alpha value is -1.01. The molecule has 2 rings (SSSR count). The molecule has 1 saturated carbocycles. The van der Waals surface area contributed by atoms with Crippen molar-refractivity contribution >= 4 is 17.7 Å². The molecule has 2 unspecified atom stereocenters. The lowest BCUT2D eigenvalue weighted by atomic mass is 9.86. The summed E-state index contributed by atoms with van der Waals surface area (Å²) >= 11 is 1.66. The van der Waals surface area contributed by atoms with E-state index in [0.717, 1.165) is 30.2 Å². The Labute approximate surface area is 111 Å². The third kappa shape index (κ3) is 2.54. The molecule has 100 valence electrons. The zero-order valence-electron chi connectivity index (χ0n) is 10.5. The number of carboxylic acid groups (broad SMARTS) is 1. The number of carboxylic acids is 1. The van der Waals surface area contributed by atoms with Crippen molar-refractivity contribution in [3.63, 3.8) is 0 Å². The Morgan fingerprint density at radius 2 is 2.56 bits per heavy atom. The predicted molar refractivity (Wildman–Crippen MR) is 70.4 cm³/mol. The number of carbonyl (C=O) groups is 1. The number of aromatic nitrogens is 2. The summed E-state index contributed by atoms with van der Waals surface area (Å²) in [7, 11) is 1.95. The van der Waals surface area contributed by atoms with Gasteiger partial charge in [0.1, 0.15) is 5.54 Å². The smallest absolute Gasteiger partial charge is 0.323 e. The topological polar surface area (TPSA) is 81.1 Å². The maximum atomic E-state index is 11.2. The summed E-state index contributed by atoms with van der Waals surface area (Å²) in [6, 6.07) is 0. The van der Waals surface area contributed by atoms with Crippen molar-refractivity contribution in [3.05, 3.63) is 12.4 Å². The van der Waals surface area contributed by atoms with E-state index in [1.807, 2.05) is 17.8 Å². The van der Waals surface area contributed by atoms with Crippen LogP contribution in [-0.2, 0) is 11.8 Å². The maximum absolute atomic E-state index is 11.2. The van der Waals surface area contributed by atoms with E-state index in [4.69, 9.17) is 5.73 Å². The van der Waals surface area contributed by atoms with E-state index < -0.39 is 11.5 Å². The second-order valence-electron chi connectivity index (χ2n) is 4.89. The van der Waals surface area contributed by atoms with Crippen LogP contribution in [0.15, 0.2) is 17.6 Å². The quantitative estimate of drug-likeness (QED) is 0.791. The van der Waals surface area contributed by atoms with Crippen LogP contribution in [0.25, 0.3) is 0 Å². The first-order valence-corrected chi connectivity index (χ1v) is 7.15. The van der Waals surface area contributed by atoms with E-state index in [0.29, 0.717) is 6.42 Å². The van der Waals surface area contributed by atoms with Crippen LogP contribution in [0.3, 0.4) is 0 Å². The summed E-state index contributed by atoms with van der Waals surface area (Å²) < 4.78 is 1.96. The van der Waals surface area contributed by atoms with Gasteiger partial charge in [0.25, 0.3) is 0 Å². The van der Waals surface area contributed by atoms with Gasteiger partial charge < -0.3 is 15.4 Å². The van der Waals surface area contributed by atoms with E-state index in [-0.39, 0.29) is 5.92 Å². The largest absolute Gasteiger partial charge is 0.480 e. The van der Waals surface area contributed by atoms with Crippen LogP contribution in [-0.4, -0.2) is 31.9 Å². The SMILES string of the molecule is Cn1ccnc1SCCC1CCCC1(N)C(=O)O. The van der Waals surface area contributed by atoms with E-state index >= 15 is 0 Å². The van der Waals surface area contributed by atoms with Gasteiger partial charge >= 0.3 is 5.97 Å². The van der Waals surface area contributed by atoms with Gasteiger partial charge in [0.15, 0.2) is 5.16 Å². The highest BCUT2D eigenvalue weighted by Gasteiger charge is 2.45. The van der Waals surface area contributed by atoms with Gasteiger partial charge in [-0.05, 0) is 25.2 Å². The average molecular weight is 269 g/mol. The van der Waals surface area contributed by atoms with Crippen LogP contribution in [0.1, 0.15) is 25.7 Å². The number of aliphatic carboxylic acids is 1. The first-order valence-electron chi connectivity index (χ1n) is 6.16. The van der Waals surface area contributed by atoms with Gasteiger partial charge in [0.2, 0.25) is 0 Å². The van der Waals surface area contributed by atoms with Crippen molar-refractivity contribution < 1.29 is 9.90 Å². The summed E-state index contributed by atoms with van der Waals surface area (Å²) in [6.45, 7) is 0. The second kappa shape index (κ2) is 5.32. The molecule has 6 heteroatoms. The summed E-state index contributed by atoms with van der Waals surface area (Å²) in [6.07, 6.45) is 6.94. The molecule has 5 nitrogen and oxygen atoms in total. The van der Waals surface area contributed by atoms with Gasteiger partial charge in [0.05, 0.1) is 0 Å². The monoisotopic (exact) mass is 269 g/mol. The van der Waals surface area contributed by atoms with Crippen molar-refractivity contribution in [1.29, 1.82) is 0 Å². The lowest BCUT2D eigenvalue weighted by Crippen LogP contribution is -2.51. The number of aryl methyl sites for hydroxylation is 1. The van der Waals surface area contributed by atoms with Crippen molar-refractivity contribution in [2.45, 2.75) is 36.4 Å². The van der Waals surface area contributed by atoms with Gasteiger partial charge in [-0.3, -0.25) is 4.79 Å². The molecule has 0 saturated heterocycles. The molecule has 1 fully saturated rings. The number of imidazole rings is 1. The highest BCUT2D eigenvalue weighted by molar-refractivity contribution is 7.99. The minimum atomic E-state index is -1.01. The predicted octanol–water partition coefficient (Wildman–Crippen LogP) is 1.48. The van der Waals surface area contributed by atoms with Crippen molar-refractivity contribution in [3.8, 4) is 0 Å². The average Bonchev–Trinajstić information content (AvgIpc) is 2.88. The second-order valence-corrected chi connectivity index (χ2v) is 5.95. The highest BCUT2D eigenvalue weighted by Crippen LogP contribution is 2.37. The summed E-state index contributed by atoms with van der Waals surface area (Å²) in [5.41, 5.74) is 4.99. The molecule has 0 bridgehead atoms. The standard InChI is InChI=1S/C12H19N3O2S/c1-15-7-6-14-11(15)18-8-4-9-3-2-5-12(9,13)10(16)17/h6-7,9H,2-5,8,13H2,1H3,(H,16,17). The zero-order chi connectivity index (χ0) is 13.2. The van der Waals surface area contributed by atoms with Crippen LogP contribution in [0.5, 0.6) is 0 Å². The molecule has 1 aliphatic rings. The molecule has 1 aromatic rings. The molecular formula is C12H19N3O2S. The van der Waals surface area contributed by atoms with E-state index in [1.54, 1.807) is 18.0 Å². The number of hydrogen-bond donors (Lipinski definition) is 2. The van der Waals surface area contributed by atoms with Gasteiger partial charge in [-0.25, -0.2) is 4.98 Å². The molecule has 1 heterocycles. The normalized spacial score (nSPS) is 27.6. The molecule has 0 aromatic carbocycles. The van der Waals surface area contributed by atoms with Gasteiger partial charge in [-0.15, -0.1) is 0 Å². The highest BCUT2D eigenvalue weighted by atomic mass is 32.2. The first-order chi connectivity index (χ1) is 8.54. The Balaban J connectivity index is 1.87. The fourth-order valence-corrected chi connectivity index (χ4v) is 3.55. The third-order valence-corrected chi connectivity index (χ3v) is 4.84. The molecule has 1 aromatic heterocycles. The van der Waals surface area contributed by atoms with Crippen LogP contribution < -0.4 is 5.73 Å². The summed E-state index contributed by atoms with van der Waals surface area (Å²) in [5.74, 6) is 0.0941. The Kier molecular flexibility index (Phi) is 3.97. The minimum absolute atomic E-state index is 0.0859. The van der Waals surface area contributed by atoms with Crippen molar-refractivity contribution in [1.82, 2.24) is 9.55 Å². The number of nitrogens with two attached hydrogens (primary N) is 1. The molecule has 1 aliphatic carbocycles. The molecule has 0 radical (unpaired) electrons. The number of nitrogens with zero attached hydrogens (tertiary/aromatic N) is 2. The molecular weight excluding hydrogens is 250 g/mol. The first kappa shape index (κ1) is 13.4. The lowest BCUT2D eigenvalue weighted by Gasteiger charge is -2.26. The van der Waals surface area contributed by atoms with Gasteiger partial charge in [-0.1, -0.05) is 18.2 Å². The Bertz CT molecular complexity index is 435. The molecule has 2 atom stereocenters. The summed E-state index contributed by atoms with van der Waals surface area (Å²) in [5, 5.41) is 10.2. The third-order valence-electron chi connectivity index (χ3n) is 3.74. The molecule has 18 heavy (non-hydrogen) atoms. The molecule has 0 spiro atoms. The number of hydrogen-bond acceptors (Lipinski definition) is 4. The lowest BCUT2D eigenvalue weighted by molar-refractivity contribution is -0.144. The van der Waals surface area contributed by atoms with E-state index in [9.17, 15) is 9.90 Å². The fourth-order valence-electron chi connectivity index (χ4n) is 2.57. The van der Waals surface area contributed by atoms with Crippen LogP contribution in [0.2, 0.25) is 0 Å². The van der Waals surface area contributed by atoms with Crippen LogP contribution in [0, 0.1) is 5.92 Å². The molecule has 3 N–H and O–H groups in total.